The average molecular weight is 245 g/mol. The molecule has 1 heterocycles. The van der Waals surface area contributed by atoms with Gasteiger partial charge in [-0.25, -0.2) is 0 Å². The van der Waals surface area contributed by atoms with Gasteiger partial charge in [0.05, 0.1) is 7.11 Å². The molecule has 2 rings (SSSR count). The molecule has 0 saturated heterocycles. The van der Waals surface area contributed by atoms with E-state index in [1.54, 1.807) is 13.2 Å². The number of rotatable bonds is 3. The van der Waals surface area contributed by atoms with E-state index in [1.807, 2.05) is 6.07 Å². The third kappa shape index (κ3) is 1.70. The summed E-state index contributed by atoms with van der Waals surface area (Å²) in [7, 11) is 1.67. The van der Waals surface area contributed by atoms with Crippen LogP contribution in [0.4, 0.5) is 5.69 Å². The minimum Gasteiger partial charge on any atom is -0.497 e. The van der Waals surface area contributed by atoms with E-state index >= 15 is 0 Å². The number of fused-ring (bicyclic) bond motifs is 1. The quantitative estimate of drug-likeness (QED) is 0.606. The molecule has 96 valence electrons. The van der Waals surface area contributed by atoms with Crippen molar-refractivity contribution in [2.45, 2.75) is 26.2 Å². The summed E-state index contributed by atoms with van der Waals surface area (Å²) >= 11 is 0. The molecule has 1 aliphatic rings. The number of allylic oxidation sites excluding steroid dienone is 2. The number of benzene rings is 1. The van der Waals surface area contributed by atoms with E-state index in [-0.39, 0.29) is 5.41 Å². The van der Waals surface area contributed by atoms with Gasteiger partial charge in [-0.3, -0.25) is 4.79 Å². The van der Waals surface area contributed by atoms with Crippen LogP contribution in [0.5, 0.6) is 5.75 Å². The van der Waals surface area contributed by atoms with Gasteiger partial charge in [-0.05, 0) is 36.8 Å². The second-order valence-corrected chi connectivity index (χ2v) is 4.94. The molecule has 0 N–H and O–H groups in total. The first-order valence-electron chi connectivity index (χ1n) is 6.18. The van der Waals surface area contributed by atoms with Gasteiger partial charge in [0.15, 0.2) is 0 Å². The van der Waals surface area contributed by atoms with Gasteiger partial charge >= 0.3 is 0 Å². The molecule has 0 atom stereocenters. The van der Waals surface area contributed by atoms with Gasteiger partial charge in [0.25, 0.3) is 0 Å². The number of carbonyl (C=O) groups excluding carboxylic acids is 1. The Morgan fingerprint density at radius 1 is 1.39 bits per heavy atom. The Balaban J connectivity index is 2.63. The van der Waals surface area contributed by atoms with Gasteiger partial charge in [-0.15, -0.1) is 0 Å². The van der Waals surface area contributed by atoms with E-state index in [0.29, 0.717) is 0 Å². The Morgan fingerprint density at radius 3 is 2.67 bits per heavy atom. The molecule has 0 aromatic heterocycles. The van der Waals surface area contributed by atoms with Crippen LogP contribution in [0.3, 0.4) is 0 Å². The van der Waals surface area contributed by atoms with Crippen LogP contribution in [-0.4, -0.2) is 19.9 Å². The fourth-order valence-corrected chi connectivity index (χ4v) is 2.69. The Hall–Kier alpha value is -1.77. The number of aldehydes is 1. The first kappa shape index (κ1) is 12.7. The lowest BCUT2D eigenvalue weighted by Crippen LogP contribution is -2.26. The van der Waals surface area contributed by atoms with E-state index in [2.05, 4.69) is 37.8 Å². The number of ether oxygens (including phenoxy) is 1. The molecule has 0 saturated carbocycles. The van der Waals surface area contributed by atoms with Crippen LogP contribution in [0.15, 0.2) is 30.0 Å². The summed E-state index contributed by atoms with van der Waals surface area (Å²) in [5.41, 5.74) is 3.25. The molecule has 0 radical (unpaired) electrons. The monoisotopic (exact) mass is 245 g/mol. The molecule has 3 nitrogen and oxygen atoms in total. The molecular weight excluding hydrogens is 226 g/mol. The van der Waals surface area contributed by atoms with Crippen LogP contribution in [0.1, 0.15) is 26.3 Å². The summed E-state index contributed by atoms with van der Waals surface area (Å²) in [6.45, 7) is 7.21. The predicted molar refractivity (Wildman–Crippen MR) is 73.2 cm³/mol. The fourth-order valence-electron chi connectivity index (χ4n) is 2.69. The van der Waals surface area contributed by atoms with Crippen LogP contribution in [0.2, 0.25) is 0 Å². The molecule has 18 heavy (non-hydrogen) atoms. The van der Waals surface area contributed by atoms with Crippen molar-refractivity contribution >= 4 is 12.0 Å². The third-order valence-electron chi connectivity index (χ3n) is 3.64. The van der Waals surface area contributed by atoms with Crippen LogP contribution >= 0.6 is 0 Å². The maximum Gasteiger partial charge on any atom is 0.144 e. The van der Waals surface area contributed by atoms with Crippen molar-refractivity contribution in [2.24, 2.45) is 0 Å². The lowest BCUT2D eigenvalue weighted by Gasteiger charge is -2.25. The summed E-state index contributed by atoms with van der Waals surface area (Å²) in [4.78, 5) is 13.0. The predicted octanol–water partition coefficient (Wildman–Crippen LogP) is 2.90. The van der Waals surface area contributed by atoms with Crippen molar-refractivity contribution in [1.29, 1.82) is 0 Å². The molecule has 1 aliphatic heterocycles. The van der Waals surface area contributed by atoms with E-state index in [4.69, 9.17) is 4.74 Å². The number of nitrogens with zero attached hydrogens (tertiary/aromatic N) is 1. The third-order valence-corrected chi connectivity index (χ3v) is 3.64. The Morgan fingerprint density at radius 2 is 2.11 bits per heavy atom. The highest BCUT2D eigenvalue weighted by atomic mass is 16.5. The van der Waals surface area contributed by atoms with Crippen molar-refractivity contribution in [2.75, 3.05) is 18.6 Å². The highest BCUT2D eigenvalue weighted by molar-refractivity contribution is 5.77. The molecule has 0 fully saturated rings. The van der Waals surface area contributed by atoms with Gasteiger partial charge in [0, 0.05) is 23.3 Å². The van der Waals surface area contributed by atoms with Gasteiger partial charge in [0.1, 0.15) is 12.0 Å². The second kappa shape index (κ2) is 4.48. The minimum atomic E-state index is -0.166. The average Bonchev–Trinajstić information content (AvgIpc) is 2.58. The molecule has 0 bridgehead atoms. The number of carbonyl (C=O) groups is 1. The fraction of sp³-hybridized carbons (Fsp3) is 0.400. The highest BCUT2D eigenvalue weighted by Gasteiger charge is 2.39. The van der Waals surface area contributed by atoms with Crippen molar-refractivity contribution in [3.05, 3.63) is 35.5 Å². The molecule has 1 aromatic rings. The maximum atomic E-state index is 10.9. The summed E-state index contributed by atoms with van der Waals surface area (Å²) in [5.74, 6) is 0.852. The molecule has 0 amide bonds. The Bertz CT molecular complexity index is 503. The summed E-state index contributed by atoms with van der Waals surface area (Å²) in [5, 5.41) is 0. The van der Waals surface area contributed by atoms with Gasteiger partial charge in [-0.2, -0.15) is 0 Å². The van der Waals surface area contributed by atoms with E-state index < -0.39 is 0 Å². The normalized spacial score (nSPS) is 18.9. The molecule has 0 aliphatic carbocycles. The van der Waals surface area contributed by atoms with Crippen molar-refractivity contribution in [3.63, 3.8) is 0 Å². The molecule has 0 unspecified atom stereocenters. The lowest BCUT2D eigenvalue weighted by molar-refractivity contribution is -0.104. The largest absolute Gasteiger partial charge is 0.497 e. The van der Waals surface area contributed by atoms with E-state index in [1.165, 1.54) is 5.56 Å². The van der Waals surface area contributed by atoms with Gasteiger partial charge < -0.3 is 9.64 Å². The SMILES string of the molecule is CCN1/C(=C\C=O)C(C)(C)c2cc(OC)ccc21. The van der Waals surface area contributed by atoms with Gasteiger partial charge in [-0.1, -0.05) is 13.8 Å². The molecule has 3 heteroatoms. The lowest BCUT2D eigenvalue weighted by atomic mass is 9.83. The van der Waals surface area contributed by atoms with Crippen molar-refractivity contribution in [3.8, 4) is 5.75 Å². The minimum absolute atomic E-state index is 0.166. The summed E-state index contributed by atoms with van der Waals surface area (Å²) in [6, 6.07) is 6.08. The number of likely N-dealkylation sites (N-methyl/N-ethyl adjacent to an activating group) is 1. The molecular formula is C15H19NO2. The summed E-state index contributed by atoms with van der Waals surface area (Å²) < 4.78 is 5.29. The van der Waals surface area contributed by atoms with Crippen LogP contribution in [0, 0.1) is 0 Å². The maximum absolute atomic E-state index is 10.9. The first-order valence-corrected chi connectivity index (χ1v) is 6.18. The molecule has 0 spiro atoms. The smallest absolute Gasteiger partial charge is 0.144 e. The van der Waals surface area contributed by atoms with Crippen LogP contribution in [0.25, 0.3) is 0 Å². The second-order valence-electron chi connectivity index (χ2n) is 4.94. The number of methoxy groups -OCH3 is 1. The van der Waals surface area contributed by atoms with Crippen LogP contribution < -0.4 is 9.64 Å². The van der Waals surface area contributed by atoms with E-state index in [9.17, 15) is 4.79 Å². The zero-order valence-electron chi connectivity index (χ0n) is 11.4. The standard InChI is InChI=1S/C15H19NO2/c1-5-16-13-7-6-11(18-4)10-12(13)15(2,3)14(16)8-9-17/h6-10H,5H2,1-4H3/b14-8-. The zero-order chi connectivity index (χ0) is 13.3. The van der Waals surface area contributed by atoms with Gasteiger partial charge in [0.2, 0.25) is 0 Å². The van der Waals surface area contributed by atoms with E-state index in [0.717, 1.165) is 30.0 Å². The summed E-state index contributed by atoms with van der Waals surface area (Å²) in [6.07, 6.45) is 2.53. The van der Waals surface area contributed by atoms with Crippen molar-refractivity contribution in [1.82, 2.24) is 0 Å². The van der Waals surface area contributed by atoms with Crippen molar-refractivity contribution < 1.29 is 9.53 Å². The topological polar surface area (TPSA) is 29.5 Å². The molecule has 1 aromatic carbocycles. The number of anilines is 1. The zero-order valence-corrected chi connectivity index (χ0v) is 11.4. The Labute approximate surface area is 108 Å². The number of hydrogen-bond acceptors (Lipinski definition) is 3. The number of hydrogen-bond donors (Lipinski definition) is 0. The first-order chi connectivity index (χ1) is 8.56. The van der Waals surface area contributed by atoms with Crippen LogP contribution in [-0.2, 0) is 10.2 Å². The Kier molecular flexibility index (Phi) is 3.16. The highest BCUT2D eigenvalue weighted by Crippen LogP contribution is 2.48.